The number of carbonyl (C=O) groups is 1. The van der Waals surface area contributed by atoms with E-state index in [0.717, 1.165) is 22.6 Å². The van der Waals surface area contributed by atoms with E-state index in [1.165, 1.54) is 4.31 Å². The summed E-state index contributed by atoms with van der Waals surface area (Å²) < 4.78 is 33.1. The number of anilines is 1. The first-order chi connectivity index (χ1) is 13.7. The van der Waals surface area contributed by atoms with Gasteiger partial charge in [-0.05, 0) is 68.1 Å². The van der Waals surface area contributed by atoms with E-state index in [0.29, 0.717) is 24.3 Å². The lowest BCUT2D eigenvalue weighted by Crippen LogP contribution is -2.46. The molecule has 0 aliphatic carbocycles. The van der Waals surface area contributed by atoms with Crippen molar-refractivity contribution in [3.63, 3.8) is 0 Å². The lowest BCUT2D eigenvalue weighted by molar-refractivity contribution is -0.123. The highest BCUT2D eigenvalue weighted by molar-refractivity contribution is 7.89. The van der Waals surface area contributed by atoms with Gasteiger partial charge in [-0.25, -0.2) is 8.42 Å². The van der Waals surface area contributed by atoms with Crippen LogP contribution in [0.5, 0.6) is 5.75 Å². The number of ether oxygens (including phenoxy) is 1. The smallest absolute Gasteiger partial charge is 0.243 e. The van der Waals surface area contributed by atoms with E-state index in [1.54, 1.807) is 44.2 Å². The molecule has 1 unspecified atom stereocenters. The second kappa shape index (κ2) is 8.55. The summed E-state index contributed by atoms with van der Waals surface area (Å²) in [7, 11) is -0.316. The summed E-state index contributed by atoms with van der Waals surface area (Å²) in [4.78, 5) is 15.0. The van der Waals surface area contributed by atoms with Crippen LogP contribution in [0.3, 0.4) is 0 Å². The second-order valence-electron chi connectivity index (χ2n) is 7.57. The maximum atomic E-state index is 13.2. The van der Waals surface area contributed by atoms with Crippen LogP contribution >= 0.6 is 0 Å². The minimum Gasteiger partial charge on any atom is -0.497 e. The van der Waals surface area contributed by atoms with Crippen molar-refractivity contribution in [2.75, 3.05) is 32.1 Å². The van der Waals surface area contributed by atoms with Gasteiger partial charge in [0.1, 0.15) is 5.75 Å². The molecule has 7 heteroatoms. The number of hydrogen-bond acceptors (Lipinski definition) is 4. The Bertz CT molecular complexity index is 986. The van der Waals surface area contributed by atoms with Crippen molar-refractivity contribution < 1.29 is 17.9 Å². The first kappa shape index (κ1) is 21.3. The predicted molar refractivity (Wildman–Crippen MR) is 114 cm³/mol. The maximum absolute atomic E-state index is 13.2. The Balaban J connectivity index is 1.78. The third-order valence-corrected chi connectivity index (χ3v) is 7.49. The van der Waals surface area contributed by atoms with Crippen LogP contribution in [-0.4, -0.2) is 45.9 Å². The number of rotatable bonds is 5. The van der Waals surface area contributed by atoms with Crippen LogP contribution < -0.4 is 9.64 Å². The zero-order valence-corrected chi connectivity index (χ0v) is 18.2. The third kappa shape index (κ3) is 4.46. The largest absolute Gasteiger partial charge is 0.497 e. The second-order valence-corrected chi connectivity index (χ2v) is 9.47. The Kier molecular flexibility index (Phi) is 6.29. The molecule has 0 radical (unpaired) electrons. The van der Waals surface area contributed by atoms with E-state index in [-0.39, 0.29) is 18.4 Å². The molecule has 1 atom stereocenters. The monoisotopic (exact) mass is 416 g/mol. The average molecular weight is 417 g/mol. The van der Waals surface area contributed by atoms with Crippen LogP contribution in [0.2, 0.25) is 0 Å². The standard InChI is InChI=1S/C22H28N2O4S/c1-16-7-8-17(2)21(14-16)29(26,27)24-13-5-6-18(15-24)22(25)23(3)19-9-11-20(28-4)12-10-19/h7-12,14,18H,5-6,13,15H2,1-4H3. The fraction of sp³-hybridized carbons (Fsp3) is 0.409. The summed E-state index contributed by atoms with van der Waals surface area (Å²) in [5.41, 5.74) is 2.38. The highest BCUT2D eigenvalue weighted by atomic mass is 32.2. The number of amides is 1. The van der Waals surface area contributed by atoms with Crippen molar-refractivity contribution >= 4 is 21.6 Å². The Labute approximate surface area is 173 Å². The molecule has 1 heterocycles. The van der Waals surface area contributed by atoms with Crippen LogP contribution in [0, 0.1) is 19.8 Å². The number of carbonyl (C=O) groups excluding carboxylic acids is 1. The van der Waals surface area contributed by atoms with Crippen LogP contribution in [-0.2, 0) is 14.8 Å². The lowest BCUT2D eigenvalue weighted by Gasteiger charge is -2.33. The number of piperidine rings is 1. The minimum absolute atomic E-state index is 0.0731. The van der Waals surface area contributed by atoms with Crippen LogP contribution in [0.4, 0.5) is 5.69 Å². The molecule has 1 aliphatic rings. The molecule has 2 aromatic carbocycles. The van der Waals surface area contributed by atoms with Gasteiger partial charge in [0.25, 0.3) is 0 Å². The Hall–Kier alpha value is -2.38. The highest BCUT2D eigenvalue weighted by Crippen LogP contribution is 2.28. The maximum Gasteiger partial charge on any atom is 0.243 e. The fourth-order valence-corrected chi connectivity index (χ4v) is 5.53. The molecule has 3 rings (SSSR count). The van der Waals surface area contributed by atoms with Gasteiger partial charge in [0.2, 0.25) is 15.9 Å². The predicted octanol–water partition coefficient (Wildman–Crippen LogP) is 3.38. The number of sulfonamides is 1. The van der Waals surface area contributed by atoms with E-state index in [1.807, 2.05) is 31.2 Å². The number of nitrogens with zero attached hydrogens (tertiary/aromatic N) is 2. The molecule has 0 N–H and O–H groups in total. The van der Waals surface area contributed by atoms with Crippen molar-refractivity contribution in [2.24, 2.45) is 5.92 Å². The van der Waals surface area contributed by atoms with E-state index >= 15 is 0 Å². The first-order valence-electron chi connectivity index (χ1n) is 9.73. The first-order valence-corrected chi connectivity index (χ1v) is 11.2. The molecule has 0 aromatic heterocycles. The molecule has 29 heavy (non-hydrogen) atoms. The van der Waals surface area contributed by atoms with Gasteiger partial charge in [-0.15, -0.1) is 0 Å². The normalized spacial score (nSPS) is 17.7. The Morgan fingerprint density at radius 2 is 1.83 bits per heavy atom. The van der Waals surface area contributed by atoms with E-state index < -0.39 is 10.0 Å². The SMILES string of the molecule is COc1ccc(N(C)C(=O)C2CCCN(S(=O)(=O)c3cc(C)ccc3C)C2)cc1. The molecule has 1 amide bonds. The van der Waals surface area contributed by atoms with Gasteiger partial charge >= 0.3 is 0 Å². The molecule has 1 fully saturated rings. The summed E-state index contributed by atoms with van der Waals surface area (Å²) in [5, 5.41) is 0. The van der Waals surface area contributed by atoms with Gasteiger partial charge in [0, 0.05) is 25.8 Å². The molecule has 2 aromatic rings. The number of benzene rings is 2. The molecule has 0 bridgehead atoms. The number of aryl methyl sites for hydroxylation is 2. The van der Waals surface area contributed by atoms with Gasteiger partial charge in [-0.1, -0.05) is 12.1 Å². The van der Waals surface area contributed by atoms with Crippen molar-refractivity contribution in [2.45, 2.75) is 31.6 Å². The van der Waals surface area contributed by atoms with Gasteiger partial charge < -0.3 is 9.64 Å². The van der Waals surface area contributed by atoms with Gasteiger partial charge in [0.05, 0.1) is 17.9 Å². The van der Waals surface area contributed by atoms with Crippen LogP contribution in [0.1, 0.15) is 24.0 Å². The molecule has 1 saturated heterocycles. The summed E-state index contributed by atoms with van der Waals surface area (Å²) in [5.74, 6) is 0.282. The van der Waals surface area contributed by atoms with Gasteiger partial charge in [-0.3, -0.25) is 4.79 Å². The third-order valence-electron chi connectivity index (χ3n) is 5.49. The molecule has 0 spiro atoms. The highest BCUT2D eigenvalue weighted by Gasteiger charge is 2.35. The fourth-order valence-electron chi connectivity index (χ4n) is 3.69. The van der Waals surface area contributed by atoms with Gasteiger partial charge in [-0.2, -0.15) is 4.31 Å². The topological polar surface area (TPSA) is 66.9 Å². The van der Waals surface area contributed by atoms with Crippen molar-refractivity contribution in [1.29, 1.82) is 0 Å². The Morgan fingerprint density at radius 1 is 1.14 bits per heavy atom. The molecule has 156 valence electrons. The average Bonchev–Trinajstić information content (AvgIpc) is 2.74. The summed E-state index contributed by atoms with van der Waals surface area (Å²) in [6.07, 6.45) is 1.34. The zero-order valence-electron chi connectivity index (χ0n) is 17.4. The van der Waals surface area contributed by atoms with Gasteiger partial charge in [0.15, 0.2) is 0 Å². The van der Waals surface area contributed by atoms with E-state index in [2.05, 4.69) is 0 Å². The Morgan fingerprint density at radius 3 is 2.48 bits per heavy atom. The molecular formula is C22H28N2O4S. The summed E-state index contributed by atoms with van der Waals surface area (Å²) in [6, 6.07) is 12.7. The van der Waals surface area contributed by atoms with E-state index in [9.17, 15) is 13.2 Å². The van der Waals surface area contributed by atoms with Crippen molar-refractivity contribution in [3.05, 3.63) is 53.6 Å². The lowest BCUT2D eigenvalue weighted by atomic mass is 9.98. The zero-order chi connectivity index (χ0) is 21.2. The number of methoxy groups -OCH3 is 1. The van der Waals surface area contributed by atoms with Crippen molar-refractivity contribution in [1.82, 2.24) is 4.31 Å². The molecule has 0 saturated carbocycles. The summed E-state index contributed by atoms with van der Waals surface area (Å²) >= 11 is 0. The van der Waals surface area contributed by atoms with Crippen LogP contribution in [0.25, 0.3) is 0 Å². The van der Waals surface area contributed by atoms with Crippen LogP contribution in [0.15, 0.2) is 47.4 Å². The molecular weight excluding hydrogens is 388 g/mol. The van der Waals surface area contributed by atoms with Crippen molar-refractivity contribution in [3.8, 4) is 5.75 Å². The minimum atomic E-state index is -3.63. The summed E-state index contributed by atoms with van der Waals surface area (Å²) in [6.45, 7) is 4.32. The van der Waals surface area contributed by atoms with E-state index in [4.69, 9.17) is 4.74 Å². The number of hydrogen-bond donors (Lipinski definition) is 0. The molecule has 6 nitrogen and oxygen atoms in total. The quantitative estimate of drug-likeness (QED) is 0.749. The molecule has 1 aliphatic heterocycles.